The first-order valence-corrected chi connectivity index (χ1v) is 12.3. The molecule has 12 heteroatoms. The van der Waals surface area contributed by atoms with Crippen molar-refractivity contribution in [1.29, 1.82) is 0 Å². The van der Waals surface area contributed by atoms with Gasteiger partial charge in [-0.2, -0.15) is 29.9 Å². The van der Waals surface area contributed by atoms with E-state index in [2.05, 4.69) is 9.98 Å². The number of amides is 2. The molecule has 3 aromatic rings. The number of anilines is 1. The molecule has 1 aliphatic rings. The number of nitrogens with zero attached hydrogens (tertiary/aromatic N) is 3. The number of thioether (sulfide) groups is 1. The van der Waals surface area contributed by atoms with Crippen molar-refractivity contribution in [2.75, 3.05) is 29.6 Å². The van der Waals surface area contributed by atoms with Crippen LogP contribution in [0.3, 0.4) is 0 Å². The SMILES string of the molecule is CC(=O)OCCCn1/c(=N/C(=O)c2cccc(C(F)(F)F)c2)[nH]c2cc(N3CCSCC3=O)ccc21. The number of benzene rings is 2. The molecule has 0 saturated carbocycles. The van der Waals surface area contributed by atoms with E-state index in [0.717, 1.165) is 24.0 Å². The number of fused-ring (bicyclic) bond motifs is 1. The van der Waals surface area contributed by atoms with Crippen LogP contribution in [0.2, 0.25) is 0 Å². The topological polar surface area (TPSA) is 96.8 Å². The lowest BCUT2D eigenvalue weighted by molar-refractivity contribution is -0.141. The third kappa shape index (κ3) is 5.81. The first-order chi connectivity index (χ1) is 17.1. The Bertz CT molecular complexity index is 1380. The number of carbonyl (C=O) groups excluding carboxylic acids is 3. The Kier molecular flexibility index (Phi) is 7.53. The number of esters is 1. The van der Waals surface area contributed by atoms with E-state index in [9.17, 15) is 27.6 Å². The molecule has 1 N–H and O–H groups in total. The van der Waals surface area contributed by atoms with Crippen LogP contribution in [0.25, 0.3) is 11.0 Å². The number of ether oxygens (including phenoxy) is 1. The normalized spacial score (nSPS) is 14.9. The predicted molar refractivity (Wildman–Crippen MR) is 129 cm³/mol. The van der Waals surface area contributed by atoms with E-state index >= 15 is 0 Å². The Morgan fingerprint density at radius 2 is 2.00 bits per heavy atom. The molecule has 0 unspecified atom stereocenters. The summed E-state index contributed by atoms with van der Waals surface area (Å²) in [6, 6.07) is 9.44. The Labute approximate surface area is 208 Å². The minimum atomic E-state index is -4.59. The van der Waals surface area contributed by atoms with Gasteiger partial charge in [0, 0.05) is 37.0 Å². The number of aromatic nitrogens is 2. The molecule has 0 radical (unpaired) electrons. The summed E-state index contributed by atoms with van der Waals surface area (Å²) in [5.41, 5.74) is 0.956. The van der Waals surface area contributed by atoms with Gasteiger partial charge in [0.15, 0.2) is 0 Å². The second kappa shape index (κ2) is 10.6. The van der Waals surface area contributed by atoms with Crippen molar-refractivity contribution in [3.8, 4) is 0 Å². The summed E-state index contributed by atoms with van der Waals surface area (Å²) >= 11 is 1.57. The first kappa shape index (κ1) is 25.5. The minimum absolute atomic E-state index is 0.00366. The fourth-order valence-corrected chi connectivity index (χ4v) is 4.65. The van der Waals surface area contributed by atoms with Gasteiger partial charge in [-0.15, -0.1) is 0 Å². The zero-order chi connectivity index (χ0) is 25.9. The van der Waals surface area contributed by atoms with E-state index < -0.39 is 23.6 Å². The lowest BCUT2D eigenvalue weighted by Crippen LogP contribution is -2.38. The van der Waals surface area contributed by atoms with Crippen LogP contribution in [-0.4, -0.2) is 52.0 Å². The monoisotopic (exact) mass is 520 g/mol. The van der Waals surface area contributed by atoms with Crippen LogP contribution in [0.15, 0.2) is 47.5 Å². The van der Waals surface area contributed by atoms with Crippen LogP contribution in [0.5, 0.6) is 0 Å². The third-order valence-electron chi connectivity index (χ3n) is 5.55. The van der Waals surface area contributed by atoms with Crippen molar-refractivity contribution >= 4 is 46.3 Å². The van der Waals surface area contributed by atoms with Gasteiger partial charge in [0.2, 0.25) is 11.5 Å². The largest absolute Gasteiger partial charge is 0.466 e. The van der Waals surface area contributed by atoms with E-state index in [4.69, 9.17) is 4.74 Å². The summed E-state index contributed by atoms with van der Waals surface area (Å²) in [5, 5.41) is 0. The van der Waals surface area contributed by atoms with Crippen molar-refractivity contribution < 1.29 is 32.3 Å². The summed E-state index contributed by atoms with van der Waals surface area (Å²) in [4.78, 5) is 45.0. The van der Waals surface area contributed by atoms with Gasteiger partial charge in [-0.1, -0.05) is 6.07 Å². The first-order valence-electron chi connectivity index (χ1n) is 11.1. The zero-order valence-electron chi connectivity index (χ0n) is 19.3. The number of alkyl halides is 3. The van der Waals surface area contributed by atoms with Crippen LogP contribution < -0.4 is 10.5 Å². The molecule has 8 nitrogen and oxygen atoms in total. The third-order valence-corrected chi connectivity index (χ3v) is 6.47. The number of hydrogen-bond acceptors (Lipinski definition) is 5. The van der Waals surface area contributed by atoms with Gasteiger partial charge < -0.3 is 19.2 Å². The van der Waals surface area contributed by atoms with Crippen LogP contribution >= 0.6 is 11.8 Å². The molecular formula is C24H23F3N4O4S. The van der Waals surface area contributed by atoms with E-state index in [1.54, 1.807) is 39.4 Å². The predicted octanol–water partition coefficient (Wildman–Crippen LogP) is 3.76. The summed E-state index contributed by atoms with van der Waals surface area (Å²) in [7, 11) is 0. The number of hydrogen-bond donors (Lipinski definition) is 1. The molecule has 1 aromatic heterocycles. The summed E-state index contributed by atoms with van der Waals surface area (Å²) in [6.07, 6.45) is -4.17. The molecule has 0 atom stereocenters. The van der Waals surface area contributed by atoms with Gasteiger partial charge in [-0.05, 0) is 42.8 Å². The number of aryl methyl sites for hydroxylation is 1. The van der Waals surface area contributed by atoms with Crippen molar-refractivity contribution in [3.63, 3.8) is 0 Å². The lowest BCUT2D eigenvalue weighted by atomic mass is 10.1. The van der Waals surface area contributed by atoms with Crippen LogP contribution in [0, 0.1) is 0 Å². The number of H-pyrrole nitrogens is 1. The highest BCUT2D eigenvalue weighted by Gasteiger charge is 2.31. The van der Waals surface area contributed by atoms with E-state index in [1.165, 1.54) is 13.0 Å². The fraction of sp³-hybridized carbons (Fsp3) is 0.333. The van der Waals surface area contributed by atoms with Crippen molar-refractivity contribution in [2.45, 2.75) is 26.1 Å². The molecule has 36 heavy (non-hydrogen) atoms. The average Bonchev–Trinajstić information content (AvgIpc) is 3.17. The molecule has 2 heterocycles. The van der Waals surface area contributed by atoms with Gasteiger partial charge in [0.05, 0.1) is 29.0 Å². The number of nitrogens with one attached hydrogen (secondary N) is 1. The smallest absolute Gasteiger partial charge is 0.416 e. The highest BCUT2D eigenvalue weighted by molar-refractivity contribution is 8.00. The second-order valence-corrected chi connectivity index (χ2v) is 9.19. The maximum atomic E-state index is 13.1. The molecule has 4 rings (SSSR count). The van der Waals surface area contributed by atoms with E-state index in [0.29, 0.717) is 42.0 Å². The quantitative estimate of drug-likeness (QED) is 0.394. The molecule has 0 aliphatic carbocycles. The number of carbonyl (C=O) groups is 3. The number of imidazole rings is 1. The van der Waals surface area contributed by atoms with Crippen molar-refractivity contribution in [1.82, 2.24) is 9.55 Å². The summed E-state index contributed by atoms with van der Waals surface area (Å²) in [5.74, 6) is -0.0553. The number of aromatic amines is 1. The molecule has 190 valence electrons. The molecule has 0 spiro atoms. The Hall–Kier alpha value is -3.54. The number of rotatable bonds is 6. The molecule has 1 saturated heterocycles. The number of halogens is 3. The van der Waals surface area contributed by atoms with Gasteiger partial charge in [-0.3, -0.25) is 14.4 Å². The molecule has 1 fully saturated rings. The van der Waals surface area contributed by atoms with Gasteiger partial charge in [0.1, 0.15) is 0 Å². The zero-order valence-corrected chi connectivity index (χ0v) is 20.1. The Morgan fingerprint density at radius 3 is 2.72 bits per heavy atom. The highest BCUT2D eigenvalue weighted by atomic mass is 32.2. The average molecular weight is 521 g/mol. The second-order valence-electron chi connectivity index (χ2n) is 8.09. The standard InChI is InChI=1S/C24H23F3N4O4S/c1-15(32)35-10-3-8-31-20-7-6-18(30-9-11-36-14-21(30)33)13-19(20)28-23(31)29-22(34)16-4-2-5-17(12-16)24(25,26)27/h2,4-7,12-13H,3,8-11,14H2,1H3,(H,28,29,34). The summed E-state index contributed by atoms with van der Waals surface area (Å²) in [6.45, 7) is 2.34. The van der Waals surface area contributed by atoms with Crippen molar-refractivity contribution in [3.05, 3.63) is 59.2 Å². The highest BCUT2D eigenvalue weighted by Crippen LogP contribution is 2.29. The fourth-order valence-electron chi connectivity index (χ4n) is 3.86. The Balaban J connectivity index is 1.73. The van der Waals surface area contributed by atoms with E-state index in [-0.39, 0.29) is 23.7 Å². The van der Waals surface area contributed by atoms with Crippen LogP contribution in [0.4, 0.5) is 18.9 Å². The van der Waals surface area contributed by atoms with Gasteiger partial charge in [0.25, 0.3) is 5.91 Å². The Morgan fingerprint density at radius 1 is 1.19 bits per heavy atom. The summed E-state index contributed by atoms with van der Waals surface area (Å²) < 4.78 is 46.0. The molecular weight excluding hydrogens is 497 g/mol. The molecule has 2 aromatic carbocycles. The van der Waals surface area contributed by atoms with Gasteiger partial charge >= 0.3 is 12.1 Å². The molecule has 1 aliphatic heterocycles. The maximum absolute atomic E-state index is 13.1. The molecule has 0 bridgehead atoms. The lowest BCUT2D eigenvalue weighted by Gasteiger charge is -2.26. The minimum Gasteiger partial charge on any atom is -0.466 e. The van der Waals surface area contributed by atoms with E-state index in [1.807, 2.05) is 0 Å². The molecule has 2 amide bonds. The van der Waals surface area contributed by atoms with Gasteiger partial charge in [-0.25, -0.2) is 0 Å². The van der Waals surface area contributed by atoms with Crippen LogP contribution in [0.1, 0.15) is 29.3 Å². The van der Waals surface area contributed by atoms with Crippen LogP contribution in [-0.2, 0) is 27.0 Å². The van der Waals surface area contributed by atoms with Crippen molar-refractivity contribution in [2.24, 2.45) is 4.99 Å². The maximum Gasteiger partial charge on any atom is 0.416 e.